The van der Waals surface area contributed by atoms with Gasteiger partial charge in [-0.25, -0.2) is 13.6 Å². The van der Waals surface area contributed by atoms with Crippen molar-refractivity contribution in [2.75, 3.05) is 6.54 Å². The van der Waals surface area contributed by atoms with E-state index in [9.17, 15) is 13.6 Å². The first-order chi connectivity index (χ1) is 14.3. The van der Waals surface area contributed by atoms with Crippen molar-refractivity contribution < 1.29 is 18.7 Å². The van der Waals surface area contributed by atoms with Crippen LogP contribution in [0, 0.1) is 19.8 Å². The molecule has 1 aromatic heterocycles. The molecule has 6 heteroatoms. The lowest BCUT2D eigenvalue weighted by Gasteiger charge is -2.40. The summed E-state index contributed by atoms with van der Waals surface area (Å²) < 4.78 is 27.0. The third kappa shape index (κ3) is 3.84. The third-order valence-electron chi connectivity index (χ3n) is 6.39. The first-order valence-electron chi connectivity index (χ1n) is 10.3. The zero-order chi connectivity index (χ0) is 21.4. The number of nitrogens with one attached hydrogen (secondary N) is 1. The zero-order valence-electron chi connectivity index (χ0n) is 17.2. The van der Waals surface area contributed by atoms with Gasteiger partial charge in [-0.3, -0.25) is 4.90 Å². The minimum absolute atomic E-state index is 0.171. The summed E-state index contributed by atoms with van der Waals surface area (Å²) >= 11 is 0. The first kappa shape index (κ1) is 20.5. The van der Waals surface area contributed by atoms with Gasteiger partial charge >= 0.3 is 5.97 Å². The number of piperidine rings is 1. The number of halogens is 2. The predicted molar refractivity (Wildman–Crippen MR) is 113 cm³/mol. The molecule has 0 radical (unpaired) electrons. The maximum absolute atomic E-state index is 13.5. The van der Waals surface area contributed by atoms with Gasteiger partial charge in [0.25, 0.3) is 0 Å². The highest BCUT2D eigenvalue weighted by molar-refractivity contribution is 5.88. The second kappa shape index (κ2) is 8.19. The number of hydrogen-bond donors (Lipinski definition) is 2. The Hall–Kier alpha value is -2.73. The molecule has 1 saturated heterocycles. The molecule has 0 aliphatic carbocycles. The minimum atomic E-state index is -2.34. The molecule has 1 unspecified atom stereocenters. The highest BCUT2D eigenvalue weighted by atomic mass is 19.3. The average molecular weight is 412 g/mol. The highest BCUT2D eigenvalue weighted by Crippen LogP contribution is 2.39. The number of aryl methyl sites for hydroxylation is 2. The number of aromatic amines is 1. The van der Waals surface area contributed by atoms with E-state index in [1.807, 2.05) is 6.20 Å². The van der Waals surface area contributed by atoms with Crippen LogP contribution in [0.1, 0.15) is 51.5 Å². The van der Waals surface area contributed by atoms with Gasteiger partial charge in [0.15, 0.2) is 0 Å². The lowest BCUT2D eigenvalue weighted by molar-refractivity contribution is 0.00736. The van der Waals surface area contributed by atoms with E-state index in [1.54, 1.807) is 24.3 Å². The predicted octanol–water partition coefficient (Wildman–Crippen LogP) is 5.70. The number of benzene rings is 2. The van der Waals surface area contributed by atoms with Crippen LogP contribution in [0.5, 0.6) is 0 Å². The SMILES string of the molecule is Cc1cc(C)c2[nH]ccc2c1CN1CCC(C(F)F)C[C@@H]1c1ccc(C(=O)O)cc1. The lowest BCUT2D eigenvalue weighted by Crippen LogP contribution is -2.38. The standard InChI is InChI=1S/C24H26F2N2O2/c1-14-11-15(2)22-19(7-9-27-22)20(14)13-28-10-8-18(23(25)26)12-21(28)16-3-5-17(6-4-16)24(29)30/h3-7,9,11,18,21,23,27H,8,10,12-13H2,1-2H3,(H,29,30)/t18?,21-/m1/s1. The van der Waals surface area contributed by atoms with Gasteiger partial charge in [0.05, 0.1) is 5.56 Å². The maximum atomic E-state index is 13.5. The number of aromatic carboxylic acids is 1. The van der Waals surface area contributed by atoms with Crippen molar-refractivity contribution in [2.45, 2.75) is 45.7 Å². The molecular formula is C24H26F2N2O2. The number of fused-ring (bicyclic) bond motifs is 1. The van der Waals surface area contributed by atoms with Crippen LogP contribution in [0.4, 0.5) is 8.78 Å². The summed E-state index contributed by atoms with van der Waals surface area (Å²) in [7, 11) is 0. The summed E-state index contributed by atoms with van der Waals surface area (Å²) in [6.45, 7) is 5.43. The number of alkyl halides is 2. The van der Waals surface area contributed by atoms with Crippen molar-refractivity contribution in [3.63, 3.8) is 0 Å². The summed E-state index contributed by atoms with van der Waals surface area (Å²) in [5.41, 5.74) is 5.79. The second-order valence-corrected chi connectivity index (χ2v) is 8.29. The molecule has 2 N–H and O–H groups in total. The molecule has 2 atom stereocenters. The Labute approximate surface area is 174 Å². The van der Waals surface area contributed by atoms with E-state index in [-0.39, 0.29) is 11.6 Å². The van der Waals surface area contributed by atoms with Crippen molar-refractivity contribution >= 4 is 16.9 Å². The van der Waals surface area contributed by atoms with Crippen LogP contribution in [0.15, 0.2) is 42.6 Å². The fraction of sp³-hybridized carbons (Fsp3) is 0.375. The van der Waals surface area contributed by atoms with E-state index in [0.29, 0.717) is 25.9 Å². The smallest absolute Gasteiger partial charge is 0.335 e. The number of carbonyl (C=O) groups is 1. The van der Waals surface area contributed by atoms with Gasteiger partial charge in [0.1, 0.15) is 0 Å². The number of nitrogens with zero attached hydrogens (tertiary/aromatic N) is 1. The van der Waals surface area contributed by atoms with E-state index in [2.05, 4.69) is 35.9 Å². The van der Waals surface area contributed by atoms with Gasteiger partial charge in [-0.1, -0.05) is 18.2 Å². The number of rotatable bonds is 5. The number of hydrogen-bond acceptors (Lipinski definition) is 2. The Kier molecular flexibility index (Phi) is 5.60. The largest absolute Gasteiger partial charge is 0.478 e. The molecule has 30 heavy (non-hydrogen) atoms. The molecule has 3 aromatic rings. The molecule has 0 spiro atoms. The second-order valence-electron chi connectivity index (χ2n) is 8.29. The molecule has 1 aliphatic rings. The molecular weight excluding hydrogens is 386 g/mol. The molecule has 2 heterocycles. The van der Waals surface area contributed by atoms with Crippen molar-refractivity contribution in [1.29, 1.82) is 0 Å². The molecule has 1 fully saturated rings. The summed E-state index contributed by atoms with van der Waals surface area (Å²) in [6, 6.07) is 10.7. The number of carboxylic acid groups (broad SMARTS) is 1. The first-order valence-corrected chi connectivity index (χ1v) is 10.3. The van der Waals surface area contributed by atoms with Gasteiger partial charge in [0.2, 0.25) is 6.43 Å². The number of H-pyrrole nitrogens is 1. The Morgan fingerprint density at radius 1 is 1.20 bits per heavy atom. The third-order valence-corrected chi connectivity index (χ3v) is 6.39. The summed E-state index contributed by atoms with van der Waals surface area (Å²) in [5, 5.41) is 10.3. The Bertz CT molecular complexity index is 1060. The molecule has 0 bridgehead atoms. The molecule has 0 saturated carbocycles. The van der Waals surface area contributed by atoms with Gasteiger partial charge in [-0.2, -0.15) is 0 Å². The van der Waals surface area contributed by atoms with Crippen molar-refractivity contribution in [1.82, 2.24) is 9.88 Å². The van der Waals surface area contributed by atoms with Crippen LogP contribution < -0.4 is 0 Å². The van der Waals surface area contributed by atoms with E-state index in [1.165, 1.54) is 22.1 Å². The summed E-state index contributed by atoms with van der Waals surface area (Å²) in [5.74, 6) is -1.63. The van der Waals surface area contributed by atoms with E-state index in [0.717, 1.165) is 11.1 Å². The van der Waals surface area contributed by atoms with Crippen LogP contribution in [0.25, 0.3) is 10.9 Å². The topological polar surface area (TPSA) is 56.3 Å². The molecule has 2 aromatic carbocycles. The number of carboxylic acids is 1. The normalized spacial score (nSPS) is 20.2. The van der Waals surface area contributed by atoms with E-state index in [4.69, 9.17) is 5.11 Å². The summed E-state index contributed by atoms with van der Waals surface area (Å²) in [6.07, 6.45) is 0.421. The average Bonchev–Trinajstić information content (AvgIpc) is 3.21. The Morgan fingerprint density at radius 3 is 2.60 bits per heavy atom. The lowest BCUT2D eigenvalue weighted by atomic mass is 9.86. The van der Waals surface area contributed by atoms with Crippen molar-refractivity contribution in [3.05, 3.63) is 70.4 Å². The molecule has 4 rings (SSSR count). The Morgan fingerprint density at radius 2 is 1.93 bits per heavy atom. The maximum Gasteiger partial charge on any atom is 0.335 e. The molecule has 1 aliphatic heterocycles. The van der Waals surface area contributed by atoms with Crippen LogP contribution in [0.3, 0.4) is 0 Å². The number of aromatic nitrogens is 1. The van der Waals surface area contributed by atoms with Crippen molar-refractivity contribution in [2.24, 2.45) is 5.92 Å². The molecule has 0 amide bonds. The Balaban J connectivity index is 1.68. The van der Waals surface area contributed by atoms with Crippen LogP contribution in [-0.4, -0.2) is 33.9 Å². The van der Waals surface area contributed by atoms with E-state index < -0.39 is 18.3 Å². The van der Waals surface area contributed by atoms with Gasteiger partial charge in [0, 0.05) is 35.6 Å². The summed E-state index contributed by atoms with van der Waals surface area (Å²) in [4.78, 5) is 16.8. The van der Waals surface area contributed by atoms with Gasteiger partial charge < -0.3 is 10.1 Å². The van der Waals surface area contributed by atoms with Crippen LogP contribution in [0.2, 0.25) is 0 Å². The molecule has 4 nitrogen and oxygen atoms in total. The van der Waals surface area contributed by atoms with Gasteiger partial charge in [-0.05, 0) is 73.7 Å². The van der Waals surface area contributed by atoms with Crippen LogP contribution >= 0.6 is 0 Å². The van der Waals surface area contributed by atoms with Crippen molar-refractivity contribution in [3.8, 4) is 0 Å². The monoisotopic (exact) mass is 412 g/mol. The molecule has 158 valence electrons. The van der Waals surface area contributed by atoms with Gasteiger partial charge in [-0.15, -0.1) is 0 Å². The van der Waals surface area contributed by atoms with E-state index >= 15 is 0 Å². The number of likely N-dealkylation sites (tertiary alicyclic amines) is 1. The minimum Gasteiger partial charge on any atom is -0.478 e. The highest BCUT2D eigenvalue weighted by Gasteiger charge is 2.34. The quantitative estimate of drug-likeness (QED) is 0.565. The van der Waals surface area contributed by atoms with Crippen LogP contribution in [-0.2, 0) is 6.54 Å². The fourth-order valence-corrected chi connectivity index (χ4v) is 4.71. The zero-order valence-corrected chi connectivity index (χ0v) is 17.2. The fourth-order valence-electron chi connectivity index (χ4n) is 4.71.